The third kappa shape index (κ3) is 3.01. The summed E-state index contributed by atoms with van der Waals surface area (Å²) in [7, 11) is 0. The standard InChI is InChI=1S/C15H18O5/c1-2-12(16)20-15(9-5-6-10-15)14(18)19-13(17)11-7-3-4-8-11/h1,11H,3-10H2. The van der Waals surface area contributed by atoms with Crippen molar-refractivity contribution in [2.45, 2.75) is 57.0 Å². The first-order valence-corrected chi connectivity index (χ1v) is 7.03. The van der Waals surface area contributed by atoms with Gasteiger partial charge in [-0.15, -0.1) is 6.42 Å². The summed E-state index contributed by atoms with van der Waals surface area (Å²) >= 11 is 0. The Labute approximate surface area is 118 Å². The molecule has 2 fully saturated rings. The van der Waals surface area contributed by atoms with E-state index in [1.54, 1.807) is 0 Å². The second kappa shape index (κ2) is 6.08. The average molecular weight is 278 g/mol. The lowest BCUT2D eigenvalue weighted by molar-refractivity contribution is -0.184. The molecule has 0 aliphatic heterocycles. The maximum absolute atomic E-state index is 12.2. The van der Waals surface area contributed by atoms with E-state index in [-0.39, 0.29) is 5.92 Å². The van der Waals surface area contributed by atoms with Crippen LogP contribution in [-0.2, 0) is 23.9 Å². The van der Waals surface area contributed by atoms with E-state index in [1.807, 2.05) is 5.92 Å². The molecular weight excluding hydrogens is 260 g/mol. The molecule has 2 aliphatic rings. The number of rotatable bonds is 3. The molecule has 0 amide bonds. The van der Waals surface area contributed by atoms with Gasteiger partial charge in [-0.05, 0) is 38.5 Å². The van der Waals surface area contributed by atoms with E-state index >= 15 is 0 Å². The summed E-state index contributed by atoms with van der Waals surface area (Å²) in [6.45, 7) is 0. The van der Waals surface area contributed by atoms with Gasteiger partial charge in [0.1, 0.15) is 0 Å². The molecule has 0 heterocycles. The van der Waals surface area contributed by atoms with Crippen molar-refractivity contribution in [3.63, 3.8) is 0 Å². The third-order valence-corrected chi connectivity index (χ3v) is 4.07. The van der Waals surface area contributed by atoms with Crippen molar-refractivity contribution in [1.82, 2.24) is 0 Å². The molecule has 0 bridgehead atoms. The highest BCUT2D eigenvalue weighted by Gasteiger charge is 2.47. The van der Waals surface area contributed by atoms with Crippen molar-refractivity contribution in [1.29, 1.82) is 0 Å². The van der Waals surface area contributed by atoms with Gasteiger partial charge in [0.15, 0.2) is 0 Å². The monoisotopic (exact) mass is 278 g/mol. The number of ether oxygens (including phenoxy) is 2. The van der Waals surface area contributed by atoms with Gasteiger partial charge >= 0.3 is 17.9 Å². The SMILES string of the molecule is C#CC(=O)OC1(C(=O)OC(=O)C2CCCC2)CCCC1. The lowest BCUT2D eigenvalue weighted by Gasteiger charge is -2.25. The van der Waals surface area contributed by atoms with Gasteiger partial charge in [-0.3, -0.25) is 4.79 Å². The summed E-state index contributed by atoms with van der Waals surface area (Å²) in [5.41, 5.74) is -1.36. The van der Waals surface area contributed by atoms with Crippen LogP contribution in [0.1, 0.15) is 51.4 Å². The Kier molecular flexibility index (Phi) is 4.43. The molecule has 0 saturated heterocycles. The number of carbonyl (C=O) groups is 3. The lowest BCUT2D eigenvalue weighted by atomic mass is 10.0. The normalized spacial score (nSPS) is 21.1. The van der Waals surface area contributed by atoms with Gasteiger partial charge in [-0.1, -0.05) is 12.8 Å². The van der Waals surface area contributed by atoms with Crippen molar-refractivity contribution in [2.75, 3.05) is 0 Å². The molecule has 20 heavy (non-hydrogen) atoms. The zero-order valence-electron chi connectivity index (χ0n) is 11.4. The smallest absolute Gasteiger partial charge is 0.385 e. The van der Waals surface area contributed by atoms with Crippen molar-refractivity contribution in [3.8, 4) is 12.3 Å². The zero-order valence-corrected chi connectivity index (χ0v) is 11.4. The number of terminal acetylenes is 1. The lowest BCUT2D eigenvalue weighted by Crippen LogP contribution is -2.43. The molecular formula is C15H18O5. The fourth-order valence-corrected chi connectivity index (χ4v) is 2.93. The van der Waals surface area contributed by atoms with Crippen molar-refractivity contribution in [3.05, 3.63) is 0 Å². The third-order valence-electron chi connectivity index (χ3n) is 4.07. The summed E-state index contributed by atoms with van der Waals surface area (Å²) < 4.78 is 10.0. The fraction of sp³-hybridized carbons (Fsp3) is 0.667. The highest BCUT2D eigenvalue weighted by molar-refractivity contribution is 5.95. The summed E-state index contributed by atoms with van der Waals surface area (Å²) in [5, 5.41) is 0. The van der Waals surface area contributed by atoms with Gasteiger partial charge in [0.25, 0.3) is 0 Å². The number of hydrogen-bond acceptors (Lipinski definition) is 5. The average Bonchev–Trinajstić information content (AvgIpc) is 3.10. The first-order chi connectivity index (χ1) is 9.57. The van der Waals surface area contributed by atoms with Crippen LogP contribution in [-0.4, -0.2) is 23.5 Å². The van der Waals surface area contributed by atoms with Gasteiger partial charge in [-0.25, -0.2) is 9.59 Å². The summed E-state index contributed by atoms with van der Waals surface area (Å²) in [6, 6.07) is 0. The summed E-state index contributed by atoms with van der Waals surface area (Å²) in [5.74, 6) is -0.545. The zero-order chi connectivity index (χ0) is 14.6. The van der Waals surface area contributed by atoms with Crippen molar-refractivity contribution >= 4 is 17.9 Å². The minimum absolute atomic E-state index is 0.208. The van der Waals surface area contributed by atoms with Crippen LogP contribution in [0.5, 0.6) is 0 Å². The molecule has 5 nitrogen and oxygen atoms in total. The first kappa shape index (κ1) is 14.6. The molecule has 2 saturated carbocycles. The largest absolute Gasteiger partial charge is 0.437 e. The maximum Gasteiger partial charge on any atom is 0.385 e. The quantitative estimate of drug-likeness (QED) is 0.340. The van der Waals surface area contributed by atoms with Gasteiger partial charge < -0.3 is 9.47 Å². The number of esters is 3. The number of carbonyl (C=O) groups excluding carboxylic acids is 3. The van der Waals surface area contributed by atoms with E-state index in [4.69, 9.17) is 15.9 Å². The first-order valence-electron chi connectivity index (χ1n) is 7.03. The topological polar surface area (TPSA) is 69.7 Å². The fourth-order valence-electron chi connectivity index (χ4n) is 2.93. The Morgan fingerprint density at radius 2 is 1.65 bits per heavy atom. The molecule has 108 valence electrons. The van der Waals surface area contributed by atoms with Gasteiger partial charge in [0, 0.05) is 5.92 Å². The minimum Gasteiger partial charge on any atom is -0.437 e. The maximum atomic E-state index is 12.2. The van der Waals surface area contributed by atoms with Crippen LogP contribution in [0.15, 0.2) is 0 Å². The molecule has 0 unspecified atom stereocenters. The van der Waals surface area contributed by atoms with Gasteiger partial charge in [0.05, 0.1) is 5.92 Å². The molecule has 0 aromatic rings. The Morgan fingerprint density at radius 3 is 2.20 bits per heavy atom. The predicted molar refractivity (Wildman–Crippen MR) is 69.2 cm³/mol. The Morgan fingerprint density at radius 1 is 1.05 bits per heavy atom. The molecule has 0 radical (unpaired) electrons. The van der Waals surface area contributed by atoms with E-state index in [1.165, 1.54) is 0 Å². The molecule has 2 aliphatic carbocycles. The van der Waals surface area contributed by atoms with Crippen molar-refractivity contribution in [2.24, 2.45) is 5.92 Å². The van der Waals surface area contributed by atoms with Crippen LogP contribution < -0.4 is 0 Å². The van der Waals surface area contributed by atoms with Crippen LogP contribution in [0.4, 0.5) is 0 Å². The van der Waals surface area contributed by atoms with E-state index < -0.39 is 23.5 Å². The van der Waals surface area contributed by atoms with Crippen LogP contribution in [0.2, 0.25) is 0 Å². The molecule has 0 aromatic carbocycles. The van der Waals surface area contributed by atoms with Crippen LogP contribution in [0, 0.1) is 18.3 Å². The Balaban J connectivity index is 2.02. The molecule has 2 rings (SSSR count). The van der Waals surface area contributed by atoms with Crippen LogP contribution >= 0.6 is 0 Å². The molecule has 0 N–H and O–H groups in total. The summed E-state index contributed by atoms with van der Waals surface area (Å²) in [4.78, 5) is 35.4. The Hall–Kier alpha value is -1.83. The van der Waals surface area contributed by atoms with Gasteiger partial charge in [0.2, 0.25) is 5.60 Å². The molecule has 5 heteroatoms. The van der Waals surface area contributed by atoms with Crippen LogP contribution in [0.3, 0.4) is 0 Å². The van der Waals surface area contributed by atoms with Crippen LogP contribution in [0.25, 0.3) is 0 Å². The second-order valence-corrected chi connectivity index (χ2v) is 5.43. The minimum atomic E-state index is -1.36. The summed E-state index contributed by atoms with van der Waals surface area (Å²) in [6.07, 6.45) is 10.6. The van der Waals surface area contributed by atoms with E-state index in [9.17, 15) is 14.4 Å². The predicted octanol–water partition coefficient (Wildman–Crippen LogP) is 1.74. The highest BCUT2D eigenvalue weighted by atomic mass is 16.6. The number of hydrogen-bond donors (Lipinski definition) is 0. The molecule has 0 aromatic heterocycles. The van der Waals surface area contributed by atoms with E-state index in [0.29, 0.717) is 12.8 Å². The Bertz CT molecular complexity index is 447. The van der Waals surface area contributed by atoms with Gasteiger partial charge in [-0.2, -0.15) is 0 Å². The highest BCUT2D eigenvalue weighted by Crippen LogP contribution is 2.35. The van der Waals surface area contributed by atoms with E-state index in [2.05, 4.69) is 0 Å². The van der Waals surface area contributed by atoms with E-state index in [0.717, 1.165) is 38.5 Å². The molecule has 0 atom stereocenters. The molecule has 0 spiro atoms. The van der Waals surface area contributed by atoms with Crippen molar-refractivity contribution < 1.29 is 23.9 Å². The second-order valence-electron chi connectivity index (χ2n) is 5.43.